The Morgan fingerprint density at radius 2 is 2.04 bits per heavy atom. The zero-order valence-corrected chi connectivity index (χ0v) is 13.5. The smallest absolute Gasteiger partial charge is 0.239 e. The molecule has 1 aliphatic heterocycles. The normalized spacial score (nSPS) is 18.8. The topological polar surface area (TPSA) is 58.1 Å². The third kappa shape index (κ3) is 4.58. The quantitative estimate of drug-likeness (QED) is 0.938. The molecular formula is C18H21FN4O. The number of rotatable bonds is 4. The molecule has 1 unspecified atom stereocenters. The molecule has 1 N–H and O–H groups in total. The number of likely N-dealkylation sites (tertiary alicyclic amines) is 1. The molecule has 0 aliphatic carbocycles. The first-order valence-corrected chi connectivity index (χ1v) is 8.26. The monoisotopic (exact) mass is 328 g/mol. The first-order valence-electron chi connectivity index (χ1n) is 8.26. The Balaban J connectivity index is 1.52. The Hall–Kier alpha value is -2.34. The minimum absolute atomic E-state index is 0.0734. The molecule has 0 radical (unpaired) electrons. The summed E-state index contributed by atoms with van der Waals surface area (Å²) in [6, 6.07) is 10.2. The van der Waals surface area contributed by atoms with E-state index >= 15 is 0 Å². The van der Waals surface area contributed by atoms with Gasteiger partial charge in [-0.15, -0.1) is 5.10 Å². The molecule has 2 aromatic rings. The molecular weight excluding hydrogens is 307 g/mol. The van der Waals surface area contributed by atoms with Crippen molar-refractivity contribution in [2.45, 2.75) is 25.2 Å². The Bertz CT molecular complexity index is 662. The predicted molar refractivity (Wildman–Crippen MR) is 90.1 cm³/mol. The molecule has 1 atom stereocenters. The van der Waals surface area contributed by atoms with Crippen LogP contribution < -0.4 is 5.32 Å². The lowest BCUT2D eigenvalue weighted by Gasteiger charge is -2.19. The Labute approximate surface area is 140 Å². The van der Waals surface area contributed by atoms with E-state index in [0.29, 0.717) is 18.3 Å². The summed E-state index contributed by atoms with van der Waals surface area (Å²) in [5.41, 5.74) is 1.18. The van der Waals surface area contributed by atoms with Crippen molar-refractivity contribution in [3.05, 3.63) is 54.0 Å². The van der Waals surface area contributed by atoms with E-state index in [4.69, 9.17) is 0 Å². The largest absolute Gasteiger partial charge is 0.308 e. The lowest BCUT2D eigenvalue weighted by Crippen LogP contribution is -2.34. The zero-order chi connectivity index (χ0) is 16.8. The van der Waals surface area contributed by atoms with Gasteiger partial charge in [-0.1, -0.05) is 12.1 Å². The van der Waals surface area contributed by atoms with Gasteiger partial charge in [0.2, 0.25) is 5.91 Å². The first kappa shape index (κ1) is 16.5. The minimum Gasteiger partial charge on any atom is -0.308 e. The van der Waals surface area contributed by atoms with E-state index in [9.17, 15) is 9.18 Å². The van der Waals surface area contributed by atoms with Crippen molar-refractivity contribution in [1.29, 1.82) is 0 Å². The van der Waals surface area contributed by atoms with Crippen molar-refractivity contribution in [2.24, 2.45) is 0 Å². The van der Waals surface area contributed by atoms with Gasteiger partial charge in [0.1, 0.15) is 5.82 Å². The fourth-order valence-corrected chi connectivity index (χ4v) is 3.14. The number of hydrogen-bond donors (Lipinski definition) is 1. The minimum atomic E-state index is -0.199. The van der Waals surface area contributed by atoms with Crippen LogP contribution >= 0.6 is 0 Å². The molecule has 2 heterocycles. The maximum absolute atomic E-state index is 13.1. The van der Waals surface area contributed by atoms with Crippen molar-refractivity contribution in [2.75, 3.05) is 25.0 Å². The molecule has 1 aromatic heterocycles. The molecule has 6 heteroatoms. The molecule has 1 fully saturated rings. The Kier molecular flexibility index (Phi) is 5.48. The van der Waals surface area contributed by atoms with Crippen molar-refractivity contribution in [3.8, 4) is 0 Å². The number of halogens is 1. The third-order valence-corrected chi connectivity index (χ3v) is 4.37. The summed E-state index contributed by atoms with van der Waals surface area (Å²) in [6.45, 7) is 2.11. The van der Waals surface area contributed by atoms with Gasteiger partial charge in [-0.05, 0) is 68.1 Å². The van der Waals surface area contributed by atoms with Crippen molar-refractivity contribution < 1.29 is 9.18 Å². The molecule has 0 spiro atoms. The maximum atomic E-state index is 13.1. The highest BCUT2D eigenvalue weighted by molar-refractivity contribution is 5.91. The van der Waals surface area contributed by atoms with E-state index in [1.807, 2.05) is 12.1 Å². The standard InChI is InChI=1S/C18H21FN4O/c19-16-7-5-15(6-8-16)14-3-2-11-23(12-9-14)13-18(24)21-17-4-1-10-20-22-17/h1,4-8,10,14H,2-3,9,11-13H2,(H,21,22,24). The molecule has 1 aliphatic rings. The van der Waals surface area contributed by atoms with Gasteiger partial charge in [-0.3, -0.25) is 9.69 Å². The van der Waals surface area contributed by atoms with Crippen LogP contribution in [0.1, 0.15) is 30.7 Å². The molecule has 1 saturated heterocycles. The molecule has 0 saturated carbocycles. The van der Waals surface area contributed by atoms with Gasteiger partial charge < -0.3 is 5.32 Å². The van der Waals surface area contributed by atoms with Crippen LogP contribution in [0, 0.1) is 5.82 Å². The Morgan fingerprint density at radius 1 is 1.21 bits per heavy atom. The highest BCUT2D eigenvalue weighted by Gasteiger charge is 2.20. The average molecular weight is 328 g/mol. The van der Waals surface area contributed by atoms with Crippen molar-refractivity contribution in [1.82, 2.24) is 15.1 Å². The number of hydrogen-bond acceptors (Lipinski definition) is 4. The maximum Gasteiger partial charge on any atom is 0.239 e. The van der Waals surface area contributed by atoms with E-state index in [1.165, 1.54) is 17.7 Å². The average Bonchev–Trinajstić information content (AvgIpc) is 2.82. The van der Waals surface area contributed by atoms with Gasteiger partial charge in [-0.25, -0.2) is 4.39 Å². The van der Waals surface area contributed by atoms with Crippen molar-refractivity contribution in [3.63, 3.8) is 0 Å². The van der Waals surface area contributed by atoms with Gasteiger partial charge in [0.05, 0.1) is 6.54 Å². The van der Waals surface area contributed by atoms with Gasteiger partial charge in [0.25, 0.3) is 0 Å². The summed E-state index contributed by atoms with van der Waals surface area (Å²) < 4.78 is 13.1. The molecule has 0 bridgehead atoms. The number of carbonyl (C=O) groups is 1. The fraction of sp³-hybridized carbons (Fsp3) is 0.389. The van der Waals surface area contributed by atoms with Gasteiger partial charge >= 0.3 is 0 Å². The van der Waals surface area contributed by atoms with Crippen LogP contribution in [0.5, 0.6) is 0 Å². The highest BCUT2D eigenvalue weighted by atomic mass is 19.1. The first-order chi connectivity index (χ1) is 11.7. The van der Waals surface area contributed by atoms with Crippen LogP contribution in [-0.2, 0) is 4.79 Å². The van der Waals surface area contributed by atoms with Gasteiger partial charge in [0, 0.05) is 6.20 Å². The summed E-state index contributed by atoms with van der Waals surface area (Å²) in [5.74, 6) is 0.630. The number of nitrogens with zero attached hydrogens (tertiary/aromatic N) is 3. The molecule has 3 rings (SSSR count). The van der Waals surface area contributed by atoms with Crippen LogP contribution in [0.15, 0.2) is 42.6 Å². The summed E-state index contributed by atoms with van der Waals surface area (Å²) in [7, 11) is 0. The lowest BCUT2D eigenvalue weighted by molar-refractivity contribution is -0.117. The molecule has 126 valence electrons. The highest BCUT2D eigenvalue weighted by Crippen LogP contribution is 2.28. The molecule has 5 nitrogen and oxygen atoms in total. The number of anilines is 1. The number of aromatic nitrogens is 2. The van der Waals surface area contributed by atoms with Crippen molar-refractivity contribution >= 4 is 11.7 Å². The third-order valence-electron chi connectivity index (χ3n) is 4.37. The number of benzene rings is 1. The fourth-order valence-electron chi connectivity index (χ4n) is 3.14. The Morgan fingerprint density at radius 3 is 2.79 bits per heavy atom. The van der Waals surface area contributed by atoms with E-state index in [1.54, 1.807) is 18.3 Å². The summed E-state index contributed by atoms with van der Waals surface area (Å²) >= 11 is 0. The second kappa shape index (κ2) is 7.97. The number of nitrogens with one attached hydrogen (secondary N) is 1. The van der Waals surface area contributed by atoms with Gasteiger partial charge in [-0.2, -0.15) is 5.10 Å². The summed E-state index contributed by atoms with van der Waals surface area (Å²) in [6.07, 6.45) is 4.64. The second-order valence-electron chi connectivity index (χ2n) is 6.11. The van der Waals surface area contributed by atoms with Crippen LogP contribution in [-0.4, -0.2) is 40.6 Å². The van der Waals surface area contributed by atoms with E-state index < -0.39 is 0 Å². The van der Waals surface area contributed by atoms with E-state index in [-0.39, 0.29) is 11.7 Å². The lowest BCUT2D eigenvalue weighted by atomic mass is 9.92. The number of carbonyl (C=O) groups excluding carboxylic acids is 1. The molecule has 24 heavy (non-hydrogen) atoms. The summed E-state index contributed by atoms with van der Waals surface area (Å²) in [5, 5.41) is 10.4. The second-order valence-corrected chi connectivity index (χ2v) is 6.11. The SMILES string of the molecule is O=C(CN1CCCC(c2ccc(F)cc2)CC1)Nc1cccnn1. The van der Waals surface area contributed by atoms with Crippen LogP contribution in [0.25, 0.3) is 0 Å². The van der Waals surface area contributed by atoms with E-state index in [2.05, 4.69) is 20.4 Å². The van der Waals surface area contributed by atoms with Crippen LogP contribution in [0.4, 0.5) is 10.2 Å². The van der Waals surface area contributed by atoms with Gasteiger partial charge in [0.15, 0.2) is 5.82 Å². The predicted octanol–water partition coefficient (Wildman–Crippen LogP) is 2.82. The zero-order valence-electron chi connectivity index (χ0n) is 13.5. The van der Waals surface area contributed by atoms with Crippen LogP contribution in [0.2, 0.25) is 0 Å². The summed E-state index contributed by atoms with van der Waals surface area (Å²) in [4.78, 5) is 14.3. The van der Waals surface area contributed by atoms with E-state index in [0.717, 1.165) is 32.4 Å². The number of amides is 1. The molecule has 1 aromatic carbocycles. The molecule has 1 amide bonds. The van der Waals surface area contributed by atoms with Crippen LogP contribution in [0.3, 0.4) is 0 Å².